The van der Waals surface area contributed by atoms with Crippen LogP contribution in [0.15, 0.2) is 58.7 Å². The average Bonchev–Trinajstić information content (AvgIpc) is 3.48. The molecule has 0 saturated heterocycles. The first kappa shape index (κ1) is 19.6. The first-order chi connectivity index (χ1) is 14.5. The summed E-state index contributed by atoms with van der Waals surface area (Å²) >= 11 is 13.4. The van der Waals surface area contributed by atoms with Crippen LogP contribution in [-0.2, 0) is 5.75 Å². The van der Waals surface area contributed by atoms with Crippen molar-refractivity contribution in [2.75, 3.05) is 0 Å². The van der Waals surface area contributed by atoms with Crippen molar-refractivity contribution in [1.29, 1.82) is 0 Å². The molecule has 0 radical (unpaired) electrons. The Balaban J connectivity index is 1.65. The maximum Gasteiger partial charge on any atom is 0.301 e. The first-order valence-corrected chi connectivity index (χ1v) is 11.1. The average molecular weight is 461 g/mol. The van der Waals surface area contributed by atoms with Crippen molar-refractivity contribution in [2.24, 2.45) is 0 Å². The molecular formula is C21H15Cl2FN4OS. The number of thioether (sulfide) groups is 1. The Labute approximate surface area is 185 Å². The molecule has 30 heavy (non-hydrogen) atoms. The summed E-state index contributed by atoms with van der Waals surface area (Å²) in [5, 5.41) is 1.21. The zero-order valence-corrected chi connectivity index (χ0v) is 17.9. The fraction of sp³-hybridized carbons (Fsp3) is 0.190. The van der Waals surface area contributed by atoms with Gasteiger partial charge < -0.3 is 4.57 Å². The van der Waals surface area contributed by atoms with Crippen LogP contribution in [-0.4, -0.2) is 19.1 Å². The highest BCUT2D eigenvalue weighted by atomic mass is 35.5. The van der Waals surface area contributed by atoms with Gasteiger partial charge in [0.25, 0.3) is 0 Å². The molecule has 0 atom stereocenters. The fourth-order valence-electron chi connectivity index (χ4n) is 3.32. The van der Waals surface area contributed by atoms with Crippen molar-refractivity contribution < 1.29 is 4.39 Å². The Bertz CT molecular complexity index is 1320. The predicted octanol–water partition coefficient (Wildman–Crippen LogP) is 5.66. The highest BCUT2D eigenvalue weighted by Crippen LogP contribution is 2.38. The van der Waals surface area contributed by atoms with Crippen LogP contribution in [0.1, 0.15) is 24.4 Å². The Kier molecular flexibility index (Phi) is 5.05. The largest absolute Gasteiger partial charge is 0.313 e. The van der Waals surface area contributed by atoms with Crippen molar-refractivity contribution in [3.8, 4) is 5.69 Å². The number of rotatable bonds is 5. The van der Waals surface area contributed by atoms with Gasteiger partial charge in [-0.05, 0) is 54.8 Å². The van der Waals surface area contributed by atoms with E-state index in [9.17, 15) is 9.18 Å². The number of fused-ring (bicyclic) bond motifs is 1. The van der Waals surface area contributed by atoms with Gasteiger partial charge in [0.2, 0.25) is 0 Å². The number of aromatic nitrogens is 4. The van der Waals surface area contributed by atoms with E-state index < -0.39 is 5.82 Å². The minimum absolute atomic E-state index is 0.0680. The van der Waals surface area contributed by atoms with Crippen LogP contribution in [0, 0.1) is 5.82 Å². The number of hydrogen-bond donors (Lipinski definition) is 0. The molecule has 9 heteroatoms. The molecule has 1 saturated carbocycles. The molecule has 0 amide bonds. The summed E-state index contributed by atoms with van der Waals surface area (Å²) in [6.07, 6.45) is 3.82. The summed E-state index contributed by atoms with van der Waals surface area (Å²) in [4.78, 5) is 21.3. The topological polar surface area (TPSA) is 52.7 Å². The predicted molar refractivity (Wildman–Crippen MR) is 117 cm³/mol. The number of nitrogens with zero attached hydrogens (tertiary/aromatic N) is 4. The molecule has 0 bridgehead atoms. The van der Waals surface area contributed by atoms with Crippen molar-refractivity contribution in [3.05, 3.63) is 80.6 Å². The number of benzene rings is 2. The molecule has 0 N–H and O–H groups in total. The molecule has 0 unspecified atom stereocenters. The van der Waals surface area contributed by atoms with E-state index in [1.807, 2.05) is 21.3 Å². The Hall–Kier alpha value is -2.35. The molecule has 4 aromatic rings. The Morgan fingerprint density at radius 1 is 1.13 bits per heavy atom. The van der Waals surface area contributed by atoms with Gasteiger partial charge in [0.1, 0.15) is 5.82 Å². The quantitative estimate of drug-likeness (QED) is 0.285. The molecule has 2 heterocycles. The van der Waals surface area contributed by atoms with Gasteiger partial charge in [-0.3, -0.25) is 9.36 Å². The summed E-state index contributed by atoms with van der Waals surface area (Å²) in [5.41, 5.74) is 2.36. The van der Waals surface area contributed by atoms with Crippen molar-refractivity contribution in [2.45, 2.75) is 29.8 Å². The molecule has 1 fully saturated rings. The molecule has 2 aromatic carbocycles. The first-order valence-electron chi connectivity index (χ1n) is 9.33. The standard InChI is InChI=1S/C21H15Cl2FN4OS/c22-13-2-4-15(5-3-13)28-20-18(25-11-27(20)14-6-7-14)19(29)26-21(28)30-10-12-1-8-17(24)16(23)9-12/h1-5,8-9,11,14H,6-7,10H2. The van der Waals surface area contributed by atoms with Crippen LogP contribution in [0.5, 0.6) is 0 Å². The van der Waals surface area contributed by atoms with Crippen molar-refractivity contribution >= 4 is 46.1 Å². The van der Waals surface area contributed by atoms with Gasteiger partial charge in [-0.15, -0.1) is 0 Å². The summed E-state index contributed by atoms with van der Waals surface area (Å²) in [5.74, 6) is 0.0136. The molecule has 5 nitrogen and oxygen atoms in total. The minimum atomic E-state index is -0.462. The highest BCUT2D eigenvalue weighted by molar-refractivity contribution is 7.98. The summed E-state index contributed by atoms with van der Waals surface area (Å²) < 4.78 is 17.5. The zero-order chi connectivity index (χ0) is 20.8. The summed E-state index contributed by atoms with van der Waals surface area (Å²) in [6, 6.07) is 12.3. The summed E-state index contributed by atoms with van der Waals surface area (Å²) in [7, 11) is 0. The van der Waals surface area contributed by atoms with Gasteiger partial charge in [-0.2, -0.15) is 4.98 Å². The van der Waals surface area contributed by atoms with E-state index in [-0.39, 0.29) is 10.6 Å². The van der Waals surface area contributed by atoms with Gasteiger partial charge in [-0.25, -0.2) is 9.37 Å². The lowest BCUT2D eigenvalue weighted by atomic mass is 10.2. The van der Waals surface area contributed by atoms with Crippen LogP contribution in [0.25, 0.3) is 16.9 Å². The third-order valence-electron chi connectivity index (χ3n) is 4.95. The third-order valence-corrected chi connectivity index (χ3v) is 6.50. The maximum absolute atomic E-state index is 13.5. The van der Waals surface area contributed by atoms with Crippen molar-refractivity contribution in [1.82, 2.24) is 19.1 Å². The molecule has 5 rings (SSSR count). The smallest absolute Gasteiger partial charge is 0.301 e. The number of hydrogen-bond acceptors (Lipinski definition) is 4. The zero-order valence-electron chi connectivity index (χ0n) is 15.6. The van der Waals surface area contributed by atoms with Gasteiger partial charge in [0.15, 0.2) is 16.3 Å². The van der Waals surface area contributed by atoms with Gasteiger partial charge >= 0.3 is 5.56 Å². The van der Waals surface area contributed by atoms with Gasteiger partial charge in [0.05, 0.1) is 11.3 Å². The van der Waals surface area contributed by atoms with Crippen LogP contribution in [0.4, 0.5) is 4.39 Å². The lowest BCUT2D eigenvalue weighted by Crippen LogP contribution is -2.17. The van der Waals surface area contributed by atoms with E-state index in [1.54, 1.807) is 30.6 Å². The van der Waals surface area contributed by atoms with E-state index in [2.05, 4.69) is 9.97 Å². The maximum atomic E-state index is 13.5. The summed E-state index contributed by atoms with van der Waals surface area (Å²) in [6.45, 7) is 0. The lowest BCUT2D eigenvalue weighted by molar-refractivity contribution is 0.628. The van der Waals surface area contributed by atoms with Gasteiger partial charge in [0, 0.05) is 22.5 Å². The van der Waals surface area contributed by atoms with Crippen LogP contribution < -0.4 is 5.56 Å². The molecule has 2 aromatic heterocycles. The van der Waals surface area contributed by atoms with E-state index in [4.69, 9.17) is 23.2 Å². The lowest BCUT2D eigenvalue weighted by Gasteiger charge is -2.16. The van der Waals surface area contributed by atoms with Crippen LogP contribution in [0.2, 0.25) is 10.0 Å². The SMILES string of the molecule is O=c1nc(SCc2ccc(F)c(Cl)c2)n(-c2ccc(Cl)cc2)c2c1ncn2C1CC1. The monoisotopic (exact) mass is 460 g/mol. The highest BCUT2D eigenvalue weighted by Gasteiger charge is 2.28. The molecule has 1 aliphatic carbocycles. The molecule has 0 spiro atoms. The van der Waals surface area contributed by atoms with Crippen molar-refractivity contribution in [3.63, 3.8) is 0 Å². The molecule has 0 aliphatic heterocycles. The van der Waals surface area contributed by atoms with E-state index in [1.165, 1.54) is 17.8 Å². The Morgan fingerprint density at radius 2 is 1.90 bits per heavy atom. The minimum Gasteiger partial charge on any atom is -0.313 e. The second-order valence-corrected chi connectivity index (χ2v) is 8.89. The van der Waals surface area contributed by atoms with E-state index in [0.717, 1.165) is 29.7 Å². The molecule has 152 valence electrons. The second-order valence-electron chi connectivity index (χ2n) is 7.10. The van der Waals surface area contributed by atoms with Crippen LogP contribution >= 0.6 is 35.0 Å². The van der Waals surface area contributed by atoms with E-state index >= 15 is 0 Å². The molecule has 1 aliphatic rings. The third kappa shape index (κ3) is 3.62. The fourth-order valence-corrected chi connectivity index (χ4v) is 4.60. The normalized spacial score (nSPS) is 13.8. The number of halogens is 3. The number of imidazole rings is 1. The van der Waals surface area contributed by atoms with E-state index in [0.29, 0.717) is 27.5 Å². The Morgan fingerprint density at radius 3 is 2.60 bits per heavy atom. The second kappa shape index (κ2) is 7.72. The van der Waals surface area contributed by atoms with Crippen LogP contribution in [0.3, 0.4) is 0 Å². The van der Waals surface area contributed by atoms with Gasteiger partial charge in [-0.1, -0.05) is 41.0 Å². The molecular weight excluding hydrogens is 446 g/mol.